The highest BCUT2D eigenvalue weighted by Crippen LogP contribution is 2.20. The van der Waals surface area contributed by atoms with Crippen LogP contribution in [0.4, 0.5) is 0 Å². The van der Waals surface area contributed by atoms with Crippen LogP contribution in [0.1, 0.15) is 40.0 Å². The average Bonchev–Trinajstić information content (AvgIpc) is 2.16. The molecule has 0 unspecified atom stereocenters. The molecule has 1 aliphatic rings. The van der Waals surface area contributed by atoms with Gasteiger partial charge in [-0.15, -0.1) is 0 Å². The second kappa shape index (κ2) is 5.64. The molecule has 0 amide bonds. The van der Waals surface area contributed by atoms with Gasteiger partial charge in [0, 0.05) is 13.2 Å². The topological polar surface area (TPSA) is 61.5 Å². The van der Waals surface area contributed by atoms with E-state index >= 15 is 0 Å². The Kier molecular flexibility index (Phi) is 4.74. The van der Waals surface area contributed by atoms with Crippen LogP contribution in [0.2, 0.25) is 0 Å². The van der Waals surface area contributed by atoms with Crippen molar-refractivity contribution in [3.8, 4) is 0 Å². The van der Waals surface area contributed by atoms with Gasteiger partial charge in [-0.1, -0.05) is 0 Å². The van der Waals surface area contributed by atoms with Crippen LogP contribution in [-0.4, -0.2) is 30.8 Å². The molecule has 1 atom stereocenters. The van der Waals surface area contributed by atoms with Crippen LogP contribution < -0.4 is 5.73 Å². The van der Waals surface area contributed by atoms with E-state index in [9.17, 15) is 4.79 Å². The Bertz CT molecular complexity index is 229. The van der Waals surface area contributed by atoms with Crippen LogP contribution in [0.25, 0.3) is 0 Å². The maximum Gasteiger partial charge on any atom is 0.323 e. The summed E-state index contributed by atoms with van der Waals surface area (Å²) in [6.45, 7) is 7.13. The third-order valence-electron chi connectivity index (χ3n) is 2.64. The Labute approximate surface area is 97.5 Å². The summed E-state index contributed by atoms with van der Waals surface area (Å²) < 4.78 is 10.5. The summed E-state index contributed by atoms with van der Waals surface area (Å²) in [4.78, 5) is 11.7. The quantitative estimate of drug-likeness (QED) is 0.744. The third-order valence-corrected chi connectivity index (χ3v) is 2.64. The first-order valence-corrected chi connectivity index (χ1v) is 5.94. The fourth-order valence-corrected chi connectivity index (χ4v) is 1.81. The maximum atomic E-state index is 11.7. The maximum absolute atomic E-state index is 11.7. The highest BCUT2D eigenvalue weighted by molar-refractivity contribution is 5.75. The second-order valence-corrected chi connectivity index (χ2v) is 5.43. The molecule has 0 bridgehead atoms. The van der Waals surface area contributed by atoms with Gasteiger partial charge in [-0.05, 0) is 46.0 Å². The van der Waals surface area contributed by atoms with Crippen molar-refractivity contribution in [3.05, 3.63) is 0 Å². The SMILES string of the molecule is CC(C)(C)OC(=O)[C@@H](N)CC1CCOCC1. The van der Waals surface area contributed by atoms with Gasteiger partial charge in [0.25, 0.3) is 0 Å². The van der Waals surface area contributed by atoms with Gasteiger partial charge >= 0.3 is 5.97 Å². The molecule has 0 radical (unpaired) electrons. The number of carbonyl (C=O) groups excluding carboxylic acids is 1. The molecule has 0 aromatic rings. The van der Waals surface area contributed by atoms with Crippen molar-refractivity contribution < 1.29 is 14.3 Å². The smallest absolute Gasteiger partial charge is 0.323 e. The lowest BCUT2D eigenvalue weighted by atomic mass is 9.93. The summed E-state index contributed by atoms with van der Waals surface area (Å²) >= 11 is 0. The van der Waals surface area contributed by atoms with Crippen molar-refractivity contribution >= 4 is 5.97 Å². The number of esters is 1. The van der Waals surface area contributed by atoms with Crippen LogP contribution in [0.3, 0.4) is 0 Å². The lowest BCUT2D eigenvalue weighted by Crippen LogP contribution is -2.39. The molecule has 0 aromatic heterocycles. The van der Waals surface area contributed by atoms with E-state index in [1.165, 1.54) is 0 Å². The molecule has 94 valence electrons. The molecule has 1 heterocycles. The van der Waals surface area contributed by atoms with Crippen molar-refractivity contribution in [1.82, 2.24) is 0 Å². The molecule has 1 saturated heterocycles. The van der Waals surface area contributed by atoms with Gasteiger partial charge in [0.1, 0.15) is 11.6 Å². The Hall–Kier alpha value is -0.610. The fourth-order valence-electron chi connectivity index (χ4n) is 1.81. The number of hydrogen-bond acceptors (Lipinski definition) is 4. The standard InChI is InChI=1S/C12H23NO3/c1-12(2,3)16-11(14)10(13)8-9-4-6-15-7-5-9/h9-10H,4-8,13H2,1-3H3/t10-/m0/s1. The van der Waals surface area contributed by atoms with Gasteiger partial charge in [-0.25, -0.2) is 0 Å². The summed E-state index contributed by atoms with van der Waals surface area (Å²) in [5.74, 6) is 0.204. The Morgan fingerprint density at radius 1 is 1.44 bits per heavy atom. The molecule has 1 aliphatic heterocycles. The highest BCUT2D eigenvalue weighted by atomic mass is 16.6. The number of rotatable bonds is 3. The first-order chi connectivity index (χ1) is 7.38. The zero-order valence-electron chi connectivity index (χ0n) is 10.5. The van der Waals surface area contributed by atoms with E-state index in [-0.39, 0.29) is 5.97 Å². The van der Waals surface area contributed by atoms with Gasteiger partial charge in [0.05, 0.1) is 0 Å². The Morgan fingerprint density at radius 3 is 2.50 bits per heavy atom. The molecule has 4 heteroatoms. The molecule has 1 fully saturated rings. The molecule has 2 N–H and O–H groups in total. The molecule has 4 nitrogen and oxygen atoms in total. The van der Waals surface area contributed by atoms with Crippen LogP contribution in [0, 0.1) is 5.92 Å². The minimum absolute atomic E-state index is 0.293. The zero-order valence-corrected chi connectivity index (χ0v) is 10.5. The van der Waals surface area contributed by atoms with Gasteiger partial charge in [-0.3, -0.25) is 4.79 Å². The summed E-state index contributed by atoms with van der Waals surface area (Å²) in [6.07, 6.45) is 2.70. The number of hydrogen-bond donors (Lipinski definition) is 1. The average molecular weight is 229 g/mol. The lowest BCUT2D eigenvalue weighted by molar-refractivity contribution is -0.157. The summed E-state index contributed by atoms with van der Waals surface area (Å²) in [5.41, 5.74) is 5.39. The summed E-state index contributed by atoms with van der Waals surface area (Å²) in [6, 6.07) is -0.498. The number of nitrogens with two attached hydrogens (primary N) is 1. The predicted octanol–water partition coefficient (Wildman–Crippen LogP) is 1.47. The first-order valence-electron chi connectivity index (χ1n) is 5.94. The van der Waals surface area contributed by atoms with Crippen LogP contribution in [0.5, 0.6) is 0 Å². The van der Waals surface area contributed by atoms with Crippen LogP contribution in [-0.2, 0) is 14.3 Å². The van der Waals surface area contributed by atoms with Crippen LogP contribution in [0.15, 0.2) is 0 Å². The van der Waals surface area contributed by atoms with Gasteiger partial charge in [0.2, 0.25) is 0 Å². The number of ether oxygens (including phenoxy) is 2. The van der Waals surface area contributed by atoms with Crippen molar-refractivity contribution in [2.45, 2.75) is 51.7 Å². The molecule has 0 aliphatic carbocycles. The largest absolute Gasteiger partial charge is 0.459 e. The number of carbonyl (C=O) groups is 1. The third kappa shape index (κ3) is 4.94. The van der Waals surface area contributed by atoms with Gasteiger partial charge in [0.15, 0.2) is 0 Å². The molecule has 0 spiro atoms. The minimum atomic E-state index is -0.498. The van der Waals surface area contributed by atoms with E-state index < -0.39 is 11.6 Å². The highest BCUT2D eigenvalue weighted by Gasteiger charge is 2.25. The molecule has 0 aromatic carbocycles. The summed E-state index contributed by atoms with van der Waals surface area (Å²) in [5, 5.41) is 0. The molecular formula is C12H23NO3. The molecule has 0 saturated carbocycles. The van der Waals surface area contributed by atoms with Gasteiger partial charge < -0.3 is 15.2 Å². The minimum Gasteiger partial charge on any atom is -0.459 e. The summed E-state index contributed by atoms with van der Waals surface area (Å²) in [7, 11) is 0. The van der Waals surface area contributed by atoms with Crippen LogP contribution >= 0.6 is 0 Å². The molecule has 16 heavy (non-hydrogen) atoms. The lowest BCUT2D eigenvalue weighted by Gasteiger charge is -2.26. The van der Waals surface area contributed by atoms with Gasteiger partial charge in [-0.2, -0.15) is 0 Å². The van der Waals surface area contributed by atoms with Crippen molar-refractivity contribution in [1.29, 1.82) is 0 Å². The second-order valence-electron chi connectivity index (χ2n) is 5.43. The van der Waals surface area contributed by atoms with E-state index in [1.54, 1.807) is 0 Å². The molecule has 1 rings (SSSR count). The van der Waals surface area contributed by atoms with E-state index in [1.807, 2.05) is 20.8 Å². The van der Waals surface area contributed by atoms with E-state index in [0.29, 0.717) is 12.3 Å². The first kappa shape index (κ1) is 13.5. The molecular weight excluding hydrogens is 206 g/mol. The Morgan fingerprint density at radius 2 is 2.00 bits per heavy atom. The Balaban J connectivity index is 2.33. The van der Waals surface area contributed by atoms with Crippen molar-refractivity contribution in [2.24, 2.45) is 11.7 Å². The monoisotopic (exact) mass is 229 g/mol. The van der Waals surface area contributed by atoms with Crippen molar-refractivity contribution in [2.75, 3.05) is 13.2 Å². The van der Waals surface area contributed by atoms with E-state index in [4.69, 9.17) is 15.2 Å². The van der Waals surface area contributed by atoms with Crippen molar-refractivity contribution in [3.63, 3.8) is 0 Å². The zero-order chi connectivity index (χ0) is 12.2. The fraction of sp³-hybridized carbons (Fsp3) is 0.917. The predicted molar refractivity (Wildman–Crippen MR) is 62.0 cm³/mol. The normalized spacial score (nSPS) is 20.5. The van der Waals surface area contributed by atoms with E-state index in [2.05, 4.69) is 0 Å². The van der Waals surface area contributed by atoms with E-state index in [0.717, 1.165) is 26.1 Å².